The fourth-order valence-electron chi connectivity index (χ4n) is 2.13. The second kappa shape index (κ2) is 5.90. The first-order valence-corrected chi connectivity index (χ1v) is 7.46. The van der Waals surface area contributed by atoms with Crippen LogP contribution in [-0.4, -0.2) is 17.1 Å². The summed E-state index contributed by atoms with van der Waals surface area (Å²) in [4.78, 5) is 8.98. The number of benzene rings is 1. The van der Waals surface area contributed by atoms with Crippen LogP contribution in [0.3, 0.4) is 0 Å². The highest BCUT2D eigenvalue weighted by Gasteiger charge is 2.27. The third kappa shape index (κ3) is 3.27. The summed E-state index contributed by atoms with van der Waals surface area (Å²) >= 11 is 6.20. The van der Waals surface area contributed by atoms with Gasteiger partial charge in [-0.25, -0.2) is 9.97 Å². The van der Waals surface area contributed by atoms with Crippen molar-refractivity contribution >= 4 is 17.4 Å². The number of nitrogens with one attached hydrogen (secondary N) is 1. The molecular weight excluding hydrogens is 286 g/mol. The number of anilines is 1. The Morgan fingerprint density at radius 3 is 2.57 bits per heavy atom. The molecule has 0 spiro atoms. The van der Waals surface area contributed by atoms with Crippen molar-refractivity contribution in [2.45, 2.75) is 32.2 Å². The maximum atomic E-state index is 6.20. The van der Waals surface area contributed by atoms with Crippen molar-refractivity contribution in [2.24, 2.45) is 0 Å². The van der Waals surface area contributed by atoms with Gasteiger partial charge < -0.3 is 10.1 Å². The summed E-state index contributed by atoms with van der Waals surface area (Å²) in [6, 6.07) is 7.97. The fourth-order valence-corrected chi connectivity index (χ4v) is 2.31. The molecule has 1 aliphatic carbocycles. The van der Waals surface area contributed by atoms with Crippen molar-refractivity contribution in [3.8, 4) is 5.75 Å². The molecule has 0 radical (unpaired) electrons. The number of hydrogen-bond donors (Lipinski definition) is 1. The Kier molecular flexibility index (Phi) is 3.97. The van der Waals surface area contributed by atoms with Gasteiger partial charge in [0.1, 0.15) is 22.5 Å². The van der Waals surface area contributed by atoms with E-state index >= 15 is 0 Å². The smallest absolute Gasteiger partial charge is 0.137 e. The van der Waals surface area contributed by atoms with E-state index in [-0.39, 0.29) is 0 Å². The molecule has 1 N–H and O–H groups in total. The van der Waals surface area contributed by atoms with E-state index in [1.807, 2.05) is 31.2 Å². The lowest BCUT2D eigenvalue weighted by molar-refractivity contribution is 0.414. The second-order valence-electron chi connectivity index (χ2n) is 5.32. The fraction of sp³-hybridized carbons (Fsp3) is 0.375. The second-order valence-corrected chi connectivity index (χ2v) is 5.68. The zero-order chi connectivity index (χ0) is 14.8. The average molecular weight is 304 g/mol. The number of halogens is 1. The maximum Gasteiger partial charge on any atom is 0.137 e. The van der Waals surface area contributed by atoms with Crippen LogP contribution in [0.5, 0.6) is 5.75 Å². The minimum Gasteiger partial charge on any atom is -0.497 e. The Balaban J connectivity index is 1.74. The Morgan fingerprint density at radius 1 is 1.24 bits per heavy atom. The summed E-state index contributed by atoms with van der Waals surface area (Å²) in [6.45, 7) is 2.64. The zero-order valence-electron chi connectivity index (χ0n) is 12.2. The molecule has 1 aromatic carbocycles. The van der Waals surface area contributed by atoms with Gasteiger partial charge in [-0.05, 0) is 37.5 Å². The molecule has 1 fully saturated rings. The van der Waals surface area contributed by atoms with E-state index in [0.717, 1.165) is 41.4 Å². The van der Waals surface area contributed by atoms with E-state index in [1.165, 1.54) is 0 Å². The third-order valence-electron chi connectivity index (χ3n) is 3.67. The summed E-state index contributed by atoms with van der Waals surface area (Å²) in [5, 5.41) is 3.90. The molecule has 21 heavy (non-hydrogen) atoms. The van der Waals surface area contributed by atoms with Crippen LogP contribution in [0, 0.1) is 6.92 Å². The standard InChI is InChI=1S/C16H18ClN3O/c1-10-14(17)19-16(12-5-6-12)20-15(10)18-9-11-3-7-13(21-2)8-4-11/h3-4,7-8,12H,5-6,9H2,1-2H3,(H,18,19,20). The molecule has 0 saturated heterocycles. The van der Waals surface area contributed by atoms with Gasteiger partial charge in [0, 0.05) is 18.0 Å². The van der Waals surface area contributed by atoms with Crippen molar-refractivity contribution in [2.75, 3.05) is 12.4 Å². The molecule has 1 aliphatic rings. The molecule has 4 nitrogen and oxygen atoms in total. The highest BCUT2D eigenvalue weighted by molar-refractivity contribution is 6.30. The Hall–Kier alpha value is -1.81. The van der Waals surface area contributed by atoms with Gasteiger partial charge in [0.05, 0.1) is 7.11 Å². The van der Waals surface area contributed by atoms with Crippen molar-refractivity contribution in [3.05, 3.63) is 46.4 Å². The van der Waals surface area contributed by atoms with Gasteiger partial charge >= 0.3 is 0 Å². The van der Waals surface area contributed by atoms with Crippen LogP contribution >= 0.6 is 11.6 Å². The number of hydrogen-bond acceptors (Lipinski definition) is 4. The largest absolute Gasteiger partial charge is 0.497 e. The van der Waals surface area contributed by atoms with E-state index < -0.39 is 0 Å². The van der Waals surface area contributed by atoms with Gasteiger partial charge in [-0.3, -0.25) is 0 Å². The number of aromatic nitrogens is 2. The van der Waals surface area contributed by atoms with Gasteiger partial charge in [-0.15, -0.1) is 0 Å². The van der Waals surface area contributed by atoms with E-state index in [9.17, 15) is 0 Å². The first-order valence-electron chi connectivity index (χ1n) is 7.08. The lowest BCUT2D eigenvalue weighted by atomic mass is 10.2. The normalized spacial score (nSPS) is 14.0. The lowest BCUT2D eigenvalue weighted by Gasteiger charge is -2.11. The zero-order valence-corrected chi connectivity index (χ0v) is 12.9. The van der Waals surface area contributed by atoms with Crippen molar-refractivity contribution in [1.82, 2.24) is 9.97 Å². The van der Waals surface area contributed by atoms with Gasteiger partial charge in [-0.1, -0.05) is 23.7 Å². The lowest BCUT2D eigenvalue weighted by Crippen LogP contribution is -2.07. The molecule has 0 amide bonds. The van der Waals surface area contributed by atoms with Crippen LogP contribution in [0.25, 0.3) is 0 Å². The van der Waals surface area contributed by atoms with Gasteiger partial charge in [0.15, 0.2) is 0 Å². The molecule has 1 aromatic heterocycles. The molecule has 1 heterocycles. The van der Waals surface area contributed by atoms with Crippen molar-refractivity contribution < 1.29 is 4.74 Å². The van der Waals surface area contributed by atoms with E-state index in [4.69, 9.17) is 16.3 Å². The Labute approximate surface area is 129 Å². The third-order valence-corrected chi connectivity index (χ3v) is 4.03. The molecule has 3 rings (SSSR count). The highest BCUT2D eigenvalue weighted by Crippen LogP contribution is 2.39. The van der Waals surface area contributed by atoms with E-state index in [2.05, 4.69) is 15.3 Å². The molecule has 0 unspecified atom stereocenters. The molecule has 0 atom stereocenters. The summed E-state index contributed by atoms with van der Waals surface area (Å²) in [5.41, 5.74) is 2.06. The predicted octanol–water partition coefficient (Wildman–Crippen LogP) is 3.94. The topological polar surface area (TPSA) is 47.0 Å². The van der Waals surface area contributed by atoms with Gasteiger partial charge in [0.25, 0.3) is 0 Å². The Bertz CT molecular complexity index is 639. The summed E-state index contributed by atoms with van der Waals surface area (Å²) in [6.07, 6.45) is 2.33. The van der Waals surface area contributed by atoms with Crippen molar-refractivity contribution in [3.63, 3.8) is 0 Å². The van der Waals surface area contributed by atoms with E-state index in [0.29, 0.717) is 17.6 Å². The van der Waals surface area contributed by atoms with Crippen LogP contribution in [0.1, 0.15) is 35.7 Å². The van der Waals surface area contributed by atoms with Gasteiger partial charge in [0.2, 0.25) is 0 Å². The SMILES string of the molecule is COc1ccc(CNc2nc(C3CC3)nc(Cl)c2C)cc1. The Morgan fingerprint density at radius 2 is 1.95 bits per heavy atom. The summed E-state index contributed by atoms with van der Waals surface area (Å²) < 4.78 is 5.16. The molecule has 1 saturated carbocycles. The van der Waals surface area contributed by atoms with Crippen molar-refractivity contribution in [1.29, 1.82) is 0 Å². The number of nitrogens with zero attached hydrogens (tertiary/aromatic N) is 2. The predicted molar refractivity (Wildman–Crippen MR) is 84.1 cm³/mol. The minimum atomic E-state index is 0.490. The van der Waals surface area contributed by atoms with E-state index in [1.54, 1.807) is 7.11 Å². The minimum absolute atomic E-state index is 0.490. The van der Waals surface area contributed by atoms with Crippen LogP contribution in [0.15, 0.2) is 24.3 Å². The monoisotopic (exact) mass is 303 g/mol. The molecule has 0 aliphatic heterocycles. The van der Waals surface area contributed by atoms with Crippen LogP contribution in [-0.2, 0) is 6.54 Å². The molecule has 5 heteroatoms. The maximum absolute atomic E-state index is 6.20. The quantitative estimate of drug-likeness (QED) is 0.850. The number of rotatable bonds is 5. The molecule has 110 valence electrons. The first-order chi connectivity index (χ1) is 10.2. The van der Waals surface area contributed by atoms with Crippen LogP contribution in [0.4, 0.5) is 5.82 Å². The molecule has 0 bridgehead atoms. The number of ether oxygens (including phenoxy) is 1. The first kappa shape index (κ1) is 14.1. The number of methoxy groups -OCH3 is 1. The van der Waals surface area contributed by atoms with Crippen LogP contribution in [0.2, 0.25) is 5.15 Å². The molecule has 2 aromatic rings. The van der Waals surface area contributed by atoms with Gasteiger partial charge in [-0.2, -0.15) is 0 Å². The average Bonchev–Trinajstić information content (AvgIpc) is 3.34. The van der Waals surface area contributed by atoms with Crippen LogP contribution < -0.4 is 10.1 Å². The summed E-state index contributed by atoms with van der Waals surface area (Å²) in [7, 11) is 1.67. The summed E-state index contributed by atoms with van der Waals surface area (Å²) in [5.74, 6) is 3.04. The highest BCUT2D eigenvalue weighted by atomic mass is 35.5. The molecular formula is C16H18ClN3O.